The van der Waals surface area contributed by atoms with Crippen LogP contribution >= 0.6 is 0 Å². The Morgan fingerprint density at radius 3 is 0.778 bits per heavy atom. The van der Waals surface area contributed by atoms with Gasteiger partial charge in [0.25, 0.3) is 0 Å². The van der Waals surface area contributed by atoms with E-state index < -0.39 is 0 Å². The molecule has 13 aromatic rings. The van der Waals surface area contributed by atoms with Gasteiger partial charge < -0.3 is 0 Å². The van der Waals surface area contributed by atoms with E-state index in [1.807, 2.05) is 0 Å². The van der Waals surface area contributed by atoms with Crippen LogP contribution < -0.4 is 0 Å². The van der Waals surface area contributed by atoms with Gasteiger partial charge in [0, 0.05) is 0 Å². The van der Waals surface area contributed by atoms with E-state index in [-0.39, 0.29) is 0 Å². The van der Waals surface area contributed by atoms with Crippen LogP contribution in [0, 0.1) is 0 Å². The minimum atomic E-state index is 1.26. The maximum absolute atomic E-state index is 2.48. The Morgan fingerprint density at radius 2 is 0.444 bits per heavy atom. The standard InChI is InChI=1S/C54H30/c1-2-18-38-37(17-1)53(35-27-33-15-9-23-43-41-21-5-11-31-13-7-25-45(49(31)41)47(29-35)51(33)43)39-19-3-4-20-40(39)54(38)36-28-34-16-10-24-44-42-22-6-12-32-14-8-26-46(50(32)42)48(30-36)52(34)44/h1-30H. The normalized spacial score (nSPS) is 12.4. The molecule has 0 radical (unpaired) electrons. The second-order valence-electron chi connectivity index (χ2n) is 15.1. The Bertz CT molecular complexity index is 3400. The third kappa shape index (κ3) is 3.62. The highest BCUT2D eigenvalue weighted by Gasteiger charge is 2.21. The summed E-state index contributed by atoms with van der Waals surface area (Å²) in [6.07, 6.45) is 0. The van der Waals surface area contributed by atoms with Gasteiger partial charge in [0.15, 0.2) is 0 Å². The van der Waals surface area contributed by atoms with E-state index in [2.05, 4.69) is 182 Å². The number of hydrogen-bond donors (Lipinski definition) is 0. The fourth-order valence-corrected chi connectivity index (χ4v) is 10.3. The van der Waals surface area contributed by atoms with Crippen molar-refractivity contribution in [2.45, 2.75) is 0 Å². The van der Waals surface area contributed by atoms with Crippen LogP contribution in [0.2, 0.25) is 0 Å². The summed E-state index contributed by atoms with van der Waals surface area (Å²) in [5, 5.41) is 26.2. The summed E-state index contributed by atoms with van der Waals surface area (Å²) in [5.41, 5.74) is 5.10. The molecule has 0 unspecified atom stereocenters. The number of hydrogen-bond acceptors (Lipinski definition) is 0. The number of fused-ring (bicyclic) bond motifs is 6. The molecule has 0 fully saturated rings. The molecule has 0 atom stereocenters. The molecule has 0 bridgehead atoms. The van der Waals surface area contributed by atoms with E-state index in [0.717, 1.165) is 0 Å². The van der Waals surface area contributed by atoms with Crippen molar-refractivity contribution in [3.05, 3.63) is 182 Å². The first-order valence-corrected chi connectivity index (χ1v) is 18.9. The van der Waals surface area contributed by atoms with Gasteiger partial charge in [-0.25, -0.2) is 0 Å². The highest BCUT2D eigenvalue weighted by atomic mass is 14.2. The number of rotatable bonds is 2. The highest BCUT2D eigenvalue weighted by molar-refractivity contribution is 6.36. The summed E-state index contributed by atoms with van der Waals surface area (Å²) in [6, 6.07) is 68.7. The summed E-state index contributed by atoms with van der Waals surface area (Å²) in [7, 11) is 0. The van der Waals surface area contributed by atoms with Crippen LogP contribution in [0.3, 0.4) is 0 Å². The predicted octanol–water partition coefficient (Wildman–Crippen LogP) is 15.4. The first-order chi connectivity index (χ1) is 26.8. The molecule has 0 nitrogen and oxygen atoms in total. The lowest BCUT2D eigenvalue weighted by atomic mass is 9.82. The molecule has 0 aliphatic carbocycles. The largest absolute Gasteiger partial charge is 0.0616 e. The summed E-state index contributed by atoms with van der Waals surface area (Å²) in [4.78, 5) is 0. The van der Waals surface area contributed by atoms with Crippen molar-refractivity contribution in [2.75, 3.05) is 0 Å². The van der Waals surface area contributed by atoms with E-state index in [1.165, 1.54) is 130 Å². The van der Waals surface area contributed by atoms with Gasteiger partial charge in [-0.2, -0.15) is 0 Å². The van der Waals surface area contributed by atoms with E-state index >= 15 is 0 Å². The van der Waals surface area contributed by atoms with Gasteiger partial charge in [-0.3, -0.25) is 0 Å². The van der Waals surface area contributed by atoms with Gasteiger partial charge in [-0.05, 0) is 154 Å². The van der Waals surface area contributed by atoms with Crippen LogP contribution in [0.1, 0.15) is 0 Å². The first kappa shape index (κ1) is 28.6. The second kappa shape index (κ2) is 10.3. The quantitative estimate of drug-likeness (QED) is 0.126. The van der Waals surface area contributed by atoms with Gasteiger partial charge >= 0.3 is 0 Å². The fourth-order valence-electron chi connectivity index (χ4n) is 10.3. The molecule has 0 heteroatoms. The zero-order chi connectivity index (χ0) is 35.1. The summed E-state index contributed by atoms with van der Waals surface area (Å²) in [5.74, 6) is 0. The van der Waals surface area contributed by atoms with Crippen LogP contribution in [0.25, 0.3) is 130 Å². The average Bonchev–Trinajstić information content (AvgIpc) is 3.23. The molecule has 0 heterocycles. The molecule has 13 rings (SSSR count). The molecule has 0 aromatic heterocycles. The minimum absolute atomic E-state index is 1.26. The van der Waals surface area contributed by atoms with E-state index in [1.54, 1.807) is 0 Å². The molecular weight excluding hydrogens is 649 g/mol. The van der Waals surface area contributed by atoms with Crippen molar-refractivity contribution < 1.29 is 0 Å². The molecule has 0 N–H and O–H groups in total. The number of benzene rings is 13. The van der Waals surface area contributed by atoms with Gasteiger partial charge in [0.1, 0.15) is 0 Å². The van der Waals surface area contributed by atoms with Crippen molar-refractivity contribution in [1.29, 1.82) is 0 Å². The van der Waals surface area contributed by atoms with Crippen LogP contribution in [-0.4, -0.2) is 0 Å². The molecule has 0 aliphatic heterocycles. The molecule has 0 spiro atoms. The smallest absolute Gasteiger partial charge is 0.00259 e. The SMILES string of the molecule is c1ccc2c(-c3cc4cccc5c6cccc7cccc(c(c3)c45)c76)c3ccccc3c(-c3cc4cccc5c6cccc7cccc(c(c3)c45)c76)c2c1. The molecule has 0 saturated heterocycles. The maximum atomic E-state index is 2.48. The monoisotopic (exact) mass is 678 g/mol. The average molecular weight is 679 g/mol. The Labute approximate surface area is 310 Å². The van der Waals surface area contributed by atoms with Crippen molar-refractivity contribution in [3.8, 4) is 22.3 Å². The summed E-state index contributed by atoms with van der Waals surface area (Å²) < 4.78 is 0. The minimum Gasteiger partial charge on any atom is -0.0616 e. The van der Waals surface area contributed by atoms with Crippen molar-refractivity contribution in [3.63, 3.8) is 0 Å². The zero-order valence-electron chi connectivity index (χ0n) is 29.3. The Kier molecular flexibility index (Phi) is 5.45. The third-order valence-corrected chi connectivity index (χ3v) is 12.4. The zero-order valence-corrected chi connectivity index (χ0v) is 29.3. The van der Waals surface area contributed by atoms with Crippen molar-refractivity contribution in [1.82, 2.24) is 0 Å². The topological polar surface area (TPSA) is 0 Å². The molecular formula is C54H30. The van der Waals surface area contributed by atoms with Crippen LogP contribution in [-0.2, 0) is 0 Å². The lowest BCUT2D eigenvalue weighted by Crippen LogP contribution is -1.93. The first-order valence-electron chi connectivity index (χ1n) is 18.9. The second-order valence-corrected chi connectivity index (χ2v) is 15.1. The fraction of sp³-hybridized carbons (Fsp3) is 0. The third-order valence-electron chi connectivity index (χ3n) is 12.4. The maximum Gasteiger partial charge on any atom is -0.00259 e. The Morgan fingerprint density at radius 1 is 0.185 bits per heavy atom. The Hall–Kier alpha value is -7.02. The van der Waals surface area contributed by atoms with E-state index in [9.17, 15) is 0 Å². The van der Waals surface area contributed by atoms with Crippen LogP contribution in [0.4, 0.5) is 0 Å². The predicted molar refractivity (Wildman–Crippen MR) is 235 cm³/mol. The van der Waals surface area contributed by atoms with Crippen LogP contribution in [0.15, 0.2) is 182 Å². The molecule has 0 aliphatic rings. The summed E-state index contributed by atoms with van der Waals surface area (Å²) in [6.45, 7) is 0. The van der Waals surface area contributed by atoms with Crippen molar-refractivity contribution >= 4 is 108 Å². The van der Waals surface area contributed by atoms with Crippen molar-refractivity contribution in [2.24, 2.45) is 0 Å². The van der Waals surface area contributed by atoms with E-state index in [4.69, 9.17) is 0 Å². The lowest BCUT2D eigenvalue weighted by molar-refractivity contribution is 1.70. The molecule has 0 amide bonds. The lowest BCUT2D eigenvalue weighted by Gasteiger charge is -2.21. The van der Waals surface area contributed by atoms with Gasteiger partial charge in [0.2, 0.25) is 0 Å². The molecule has 0 saturated carbocycles. The van der Waals surface area contributed by atoms with Gasteiger partial charge in [-0.1, -0.05) is 158 Å². The Balaban J connectivity index is 1.17. The summed E-state index contributed by atoms with van der Waals surface area (Å²) >= 11 is 0. The molecule has 246 valence electrons. The van der Waals surface area contributed by atoms with E-state index in [0.29, 0.717) is 0 Å². The van der Waals surface area contributed by atoms with Crippen LogP contribution in [0.5, 0.6) is 0 Å². The highest BCUT2D eigenvalue weighted by Crippen LogP contribution is 2.49. The van der Waals surface area contributed by atoms with Gasteiger partial charge in [0.05, 0.1) is 0 Å². The molecule has 13 aromatic carbocycles. The molecule has 54 heavy (non-hydrogen) atoms. The van der Waals surface area contributed by atoms with Gasteiger partial charge in [-0.15, -0.1) is 0 Å².